The van der Waals surface area contributed by atoms with Gasteiger partial charge in [0, 0.05) is 19.7 Å². The number of carbonyl (C=O) groups is 1. The van der Waals surface area contributed by atoms with Crippen molar-refractivity contribution in [3.8, 4) is 0 Å². The molecule has 0 saturated carbocycles. The summed E-state index contributed by atoms with van der Waals surface area (Å²) in [5, 5.41) is 3.03. The number of carbonyl (C=O) groups excluding carboxylic acids is 1. The predicted molar refractivity (Wildman–Crippen MR) is 83.2 cm³/mol. The molecule has 1 heterocycles. The minimum Gasteiger partial charge on any atom is -0.383 e. The Hall–Kier alpha value is -1.21. The van der Waals surface area contributed by atoms with Crippen molar-refractivity contribution in [2.75, 3.05) is 27.3 Å². The lowest BCUT2D eigenvalue weighted by molar-refractivity contribution is -0.124. The molecular formula is C15H21ClFN3O2. The molecule has 3 unspecified atom stereocenters. The molecule has 122 valence electrons. The van der Waals surface area contributed by atoms with Gasteiger partial charge >= 0.3 is 0 Å². The molecule has 0 aromatic heterocycles. The Bertz CT molecular complexity index is 544. The normalized spacial score (nSPS) is 23.5. The van der Waals surface area contributed by atoms with Crippen molar-refractivity contribution in [1.82, 2.24) is 10.2 Å². The minimum absolute atomic E-state index is 0.0899. The van der Waals surface area contributed by atoms with Crippen molar-refractivity contribution in [3.63, 3.8) is 0 Å². The molecule has 0 aliphatic carbocycles. The van der Waals surface area contributed by atoms with Gasteiger partial charge in [0.25, 0.3) is 0 Å². The van der Waals surface area contributed by atoms with Crippen LogP contribution in [0.1, 0.15) is 18.0 Å². The monoisotopic (exact) mass is 329 g/mol. The van der Waals surface area contributed by atoms with Crippen LogP contribution < -0.4 is 11.1 Å². The van der Waals surface area contributed by atoms with Gasteiger partial charge in [-0.3, -0.25) is 9.69 Å². The first kappa shape index (κ1) is 17.1. The van der Waals surface area contributed by atoms with Gasteiger partial charge in [-0.1, -0.05) is 17.7 Å². The molecule has 0 spiro atoms. The number of benzene rings is 1. The third-order valence-electron chi connectivity index (χ3n) is 3.94. The van der Waals surface area contributed by atoms with E-state index in [-0.39, 0.29) is 29.6 Å². The van der Waals surface area contributed by atoms with Crippen LogP contribution in [-0.2, 0) is 9.53 Å². The van der Waals surface area contributed by atoms with Crippen molar-refractivity contribution in [2.24, 2.45) is 5.73 Å². The van der Waals surface area contributed by atoms with Gasteiger partial charge in [-0.2, -0.15) is 0 Å². The summed E-state index contributed by atoms with van der Waals surface area (Å²) in [5.74, 6) is -0.720. The number of ether oxygens (including phenoxy) is 1. The predicted octanol–water partition coefficient (Wildman–Crippen LogP) is 1.31. The van der Waals surface area contributed by atoms with Gasteiger partial charge in [-0.25, -0.2) is 4.39 Å². The van der Waals surface area contributed by atoms with Gasteiger partial charge in [0.2, 0.25) is 5.91 Å². The number of halogens is 2. The van der Waals surface area contributed by atoms with Crippen LogP contribution in [0.15, 0.2) is 18.2 Å². The lowest BCUT2D eigenvalue weighted by Gasteiger charge is -2.27. The Balaban J connectivity index is 2.14. The molecule has 1 aliphatic heterocycles. The highest BCUT2D eigenvalue weighted by Gasteiger charge is 2.35. The summed E-state index contributed by atoms with van der Waals surface area (Å²) < 4.78 is 18.6. The molecule has 1 saturated heterocycles. The van der Waals surface area contributed by atoms with Crippen LogP contribution in [0.4, 0.5) is 4.39 Å². The van der Waals surface area contributed by atoms with Crippen molar-refractivity contribution in [3.05, 3.63) is 34.6 Å². The van der Waals surface area contributed by atoms with E-state index in [1.165, 1.54) is 19.2 Å². The number of hydrogen-bond donors (Lipinski definition) is 2. The highest BCUT2D eigenvalue weighted by molar-refractivity contribution is 6.30. The van der Waals surface area contributed by atoms with Gasteiger partial charge in [-0.05, 0) is 31.2 Å². The van der Waals surface area contributed by atoms with Crippen LogP contribution >= 0.6 is 11.6 Å². The van der Waals surface area contributed by atoms with Crippen molar-refractivity contribution < 1.29 is 13.9 Å². The van der Waals surface area contributed by atoms with E-state index in [0.29, 0.717) is 0 Å². The van der Waals surface area contributed by atoms with Crippen LogP contribution in [0.5, 0.6) is 0 Å². The number of hydrogen-bond acceptors (Lipinski definition) is 4. The number of methoxy groups -OCH3 is 1. The number of nitrogens with zero attached hydrogens (tertiary/aromatic N) is 1. The molecule has 1 aromatic rings. The number of rotatable bonds is 5. The number of likely N-dealkylation sites (N-methyl/N-ethyl adjacent to an activating group) is 1. The van der Waals surface area contributed by atoms with Gasteiger partial charge in [0.1, 0.15) is 11.9 Å². The second kappa shape index (κ2) is 7.37. The van der Waals surface area contributed by atoms with Gasteiger partial charge in [0.15, 0.2) is 0 Å². The Kier molecular flexibility index (Phi) is 5.74. The fourth-order valence-electron chi connectivity index (χ4n) is 2.83. The second-order valence-electron chi connectivity index (χ2n) is 5.56. The molecular weight excluding hydrogens is 309 g/mol. The molecule has 5 nitrogen and oxygen atoms in total. The standard InChI is InChI=1S/C15H21ClFN3O2/c1-20-6-5-13(19-15(21)12(18)8-22-2)14(20)9-3-4-10(16)11(17)7-9/h3-4,7,12-14H,5-6,8,18H2,1-2H3,(H,19,21). The highest BCUT2D eigenvalue weighted by atomic mass is 35.5. The first-order valence-corrected chi connectivity index (χ1v) is 7.52. The minimum atomic E-state index is -0.710. The molecule has 0 radical (unpaired) electrons. The largest absolute Gasteiger partial charge is 0.383 e. The Morgan fingerprint density at radius 3 is 3.00 bits per heavy atom. The summed E-state index contributed by atoms with van der Waals surface area (Å²) >= 11 is 5.73. The van der Waals surface area contributed by atoms with Gasteiger partial charge in [-0.15, -0.1) is 0 Å². The van der Waals surface area contributed by atoms with Crippen LogP contribution in [0, 0.1) is 5.82 Å². The molecule has 1 aromatic carbocycles. The van der Waals surface area contributed by atoms with E-state index >= 15 is 0 Å². The highest BCUT2D eigenvalue weighted by Crippen LogP contribution is 2.32. The summed E-state index contributed by atoms with van der Waals surface area (Å²) in [6, 6.07) is 3.80. The van der Waals surface area contributed by atoms with E-state index < -0.39 is 11.9 Å². The van der Waals surface area contributed by atoms with E-state index in [9.17, 15) is 9.18 Å². The third-order valence-corrected chi connectivity index (χ3v) is 4.25. The van der Waals surface area contributed by atoms with Gasteiger partial charge < -0.3 is 15.8 Å². The molecule has 0 bridgehead atoms. The van der Waals surface area contributed by atoms with Crippen molar-refractivity contribution >= 4 is 17.5 Å². The van der Waals surface area contributed by atoms with Crippen LogP contribution in [0.2, 0.25) is 5.02 Å². The summed E-state index contributed by atoms with van der Waals surface area (Å²) in [6.07, 6.45) is 0.775. The Labute approximate surface area is 134 Å². The number of likely N-dealkylation sites (tertiary alicyclic amines) is 1. The fraction of sp³-hybridized carbons (Fsp3) is 0.533. The molecule has 3 N–H and O–H groups in total. The average Bonchev–Trinajstić information content (AvgIpc) is 2.83. The smallest absolute Gasteiger partial charge is 0.239 e. The summed E-state index contributed by atoms with van der Waals surface area (Å²) in [5.41, 5.74) is 6.53. The maximum absolute atomic E-state index is 13.7. The molecule has 1 amide bonds. The molecule has 22 heavy (non-hydrogen) atoms. The zero-order chi connectivity index (χ0) is 16.3. The summed E-state index contributed by atoms with van der Waals surface area (Å²) in [4.78, 5) is 14.1. The lowest BCUT2D eigenvalue weighted by atomic mass is 9.99. The molecule has 7 heteroatoms. The topological polar surface area (TPSA) is 67.6 Å². The molecule has 3 atom stereocenters. The van der Waals surface area contributed by atoms with E-state index in [1.54, 1.807) is 6.07 Å². The van der Waals surface area contributed by atoms with E-state index in [2.05, 4.69) is 10.2 Å². The average molecular weight is 330 g/mol. The van der Waals surface area contributed by atoms with Crippen LogP contribution in [0.3, 0.4) is 0 Å². The van der Waals surface area contributed by atoms with Crippen LogP contribution in [-0.4, -0.2) is 50.2 Å². The van der Waals surface area contributed by atoms with Crippen LogP contribution in [0.25, 0.3) is 0 Å². The lowest BCUT2D eigenvalue weighted by Crippen LogP contribution is -2.48. The first-order valence-electron chi connectivity index (χ1n) is 7.14. The van der Waals surface area contributed by atoms with Crippen molar-refractivity contribution in [1.29, 1.82) is 0 Å². The van der Waals surface area contributed by atoms with E-state index in [1.807, 2.05) is 7.05 Å². The van der Waals surface area contributed by atoms with E-state index in [0.717, 1.165) is 18.5 Å². The molecule has 1 fully saturated rings. The molecule has 2 rings (SSSR count). The maximum Gasteiger partial charge on any atom is 0.239 e. The zero-order valence-corrected chi connectivity index (χ0v) is 13.4. The maximum atomic E-state index is 13.7. The summed E-state index contributed by atoms with van der Waals surface area (Å²) in [6.45, 7) is 0.966. The number of nitrogens with one attached hydrogen (secondary N) is 1. The SMILES string of the molecule is COCC(N)C(=O)NC1CCN(C)C1c1ccc(Cl)c(F)c1. The second-order valence-corrected chi connectivity index (χ2v) is 5.97. The molecule has 1 aliphatic rings. The Morgan fingerprint density at radius 2 is 2.36 bits per heavy atom. The first-order chi connectivity index (χ1) is 10.4. The zero-order valence-electron chi connectivity index (χ0n) is 12.7. The Morgan fingerprint density at radius 1 is 1.64 bits per heavy atom. The quantitative estimate of drug-likeness (QED) is 0.855. The van der Waals surface area contributed by atoms with Gasteiger partial charge in [0.05, 0.1) is 17.7 Å². The number of nitrogens with two attached hydrogens (primary N) is 1. The third kappa shape index (κ3) is 3.76. The summed E-state index contributed by atoms with van der Waals surface area (Å²) in [7, 11) is 3.44. The fourth-order valence-corrected chi connectivity index (χ4v) is 2.94. The van der Waals surface area contributed by atoms with Crippen molar-refractivity contribution in [2.45, 2.75) is 24.5 Å². The van der Waals surface area contributed by atoms with E-state index in [4.69, 9.17) is 22.1 Å². The number of amides is 1.